The zero-order valence-corrected chi connectivity index (χ0v) is 10.4. The second-order valence-electron chi connectivity index (χ2n) is 3.38. The quantitative estimate of drug-likeness (QED) is 0.607. The zero-order chi connectivity index (χ0) is 12.6. The average molecular weight is 222 g/mol. The zero-order valence-electron chi connectivity index (χ0n) is 10.4. The third-order valence-corrected chi connectivity index (χ3v) is 2.23. The number of Topliss-reactive ketones (excluding diaryl/α,β-unsaturated/α-hetero) is 1. The van der Waals surface area contributed by atoms with Gasteiger partial charge in [0.1, 0.15) is 0 Å². The largest absolute Gasteiger partial charge is 0.398 e. The Morgan fingerprint density at radius 2 is 1.88 bits per heavy atom. The molecule has 1 aromatic carbocycles. The molecular weight excluding hydrogens is 200 g/mol. The van der Waals surface area contributed by atoms with Gasteiger partial charge in [0.2, 0.25) is 0 Å². The van der Waals surface area contributed by atoms with Gasteiger partial charge in [-0.3, -0.25) is 4.79 Å². The fourth-order valence-electron chi connectivity index (χ4n) is 1.24. The van der Waals surface area contributed by atoms with Gasteiger partial charge in [0, 0.05) is 23.7 Å². The number of carbonyl (C=O) groups is 1. The predicted octanol–water partition coefficient (Wildman–Crippen LogP) is 2.61. The van der Waals surface area contributed by atoms with Crippen molar-refractivity contribution < 1.29 is 4.79 Å². The van der Waals surface area contributed by atoms with Gasteiger partial charge in [-0.25, -0.2) is 0 Å². The Morgan fingerprint density at radius 3 is 2.38 bits per heavy atom. The maximum atomic E-state index is 11.7. The van der Waals surface area contributed by atoms with Crippen LogP contribution in [-0.2, 0) is 0 Å². The predicted molar refractivity (Wildman–Crippen MR) is 69.4 cm³/mol. The molecular formula is C13H22N2O. The minimum absolute atomic E-state index is 0.0254. The molecule has 16 heavy (non-hydrogen) atoms. The summed E-state index contributed by atoms with van der Waals surface area (Å²) in [5.74, 6) is 0.0254. The fraction of sp³-hybridized carbons (Fsp3) is 0.462. The molecule has 0 saturated heterocycles. The lowest BCUT2D eigenvalue weighted by Crippen LogP contribution is -2.23. The summed E-state index contributed by atoms with van der Waals surface area (Å²) in [6.07, 6.45) is 1.17. The Kier molecular flexibility index (Phi) is 7.21. The van der Waals surface area contributed by atoms with E-state index in [-0.39, 0.29) is 11.8 Å². The van der Waals surface area contributed by atoms with E-state index in [0.29, 0.717) is 17.7 Å². The molecule has 0 radical (unpaired) electrons. The van der Waals surface area contributed by atoms with Gasteiger partial charge in [-0.2, -0.15) is 0 Å². The van der Waals surface area contributed by atoms with Crippen molar-refractivity contribution in [2.75, 3.05) is 5.73 Å². The number of ketones is 1. The molecule has 0 spiro atoms. The minimum atomic E-state index is -0.0675. The highest BCUT2D eigenvalue weighted by Crippen LogP contribution is 2.13. The standard InChI is InChI=1S/C11H16N2O.C2H6/c1-2-8(12)7-11(14)9-5-3-4-6-10(9)13;1-2/h3-6,8H,2,7,12-13H2,1H3;1-2H3. The van der Waals surface area contributed by atoms with Crippen LogP contribution in [0.15, 0.2) is 24.3 Å². The lowest BCUT2D eigenvalue weighted by Gasteiger charge is -2.08. The molecule has 0 amide bonds. The van der Waals surface area contributed by atoms with Gasteiger partial charge in [0.25, 0.3) is 0 Å². The number of hydrogen-bond donors (Lipinski definition) is 2. The first-order valence-corrected chi connectivity index (χ1v) is 5.78. The maximum absolute atomic E-state index is 11.7. The van der Waals surface area contributed by atoms with E-state index in [9.17, 15) is 4.79 Å². The Morgan fingerprint density at radius 1 is 1.31 bits per heavy atom. The molecule has 0 aliphatic carbocycles. The first kappa shape index (κ1) is 14.6. The van der Waals surface area contributed by atoms with Crippen LogP contribution in [0.1, 0.15) is 44.0 Å². The van der Waals surface area contributed by atoms with Crippen LogP contribution in [0.3, 0.4) is 0 Å². The summed E-state index contributed by atoms with van der Waals surface area (Å²) in [5, 5.41) is 0. The summed E-state index contributed by atoms with van der Waals surface area (Å²) >= 11 is 0. The van der Waals surface area contributed by atoms with Crippen LogP contribution >= 0.6 is 0 Å². The average Bonchev–Trinajstić information content (AvgIpc) is 2.32. The number of carbonyl (C=O) groups excluding carboxylic acids is 1. The molecule has 3 heteroatoms. The lowest BCUT2D eigenvalue weighted by molar-refractivity contribution is 0.0975. The highest BCUT2D eigenvalue weighted by atomic mass is 16.1. The van der Waals surface area contributed by atoms with Crippen molar-refractivity contribution in [1.82, 2.24) is 0 Å². The summed E-state index contributed by atoms with van der Waals surface area (Å²) < 4.78 is 0. The molecule has 3 nitrogen and oxygen atoms in total. The fourth-order valence-corrected chi connectivity index (χ4v) is 1.24. The molecule has 1 unspecified atom stereocenters. The van der Waals surface area contributed by atoms with E-state index in [0.717, 1.165) is 6.42 Å². The van der Waals surface area contributed by atoms with Crippen molar-refractivity contribution in [3.8, 4) is 0 Å². The molecule has 90 valence electrons. The minimum Gasteiger partial charge on any atom is -0.398 e. The van der Waals surface area contributed by atoms with Crippen molar-refractivity contribution in [3.05, 3.63) is 29.8 Å². The van der Waals surface area contributed by atoms with E-state index in [1.807, 2.05) is 26.8 Å². The van der Waals surface area contributed by atoms with Crippen molar-refractivity contribution >= 4 is 11.5 Å². The van der Waals surface area contributed by atoms with E-state index >= 15 is 0 Å². The SMILES string of the molecule is CC.CCC(N)CC(=O)c1ccccc1N. The molecule has 1 aromatic rings. The normalized spacial score (nSPS) is 11.2. The Hall–Kier alpha value is -1.35. The third kappa shape index (κ3) is 4.45. The van der Waals surface area contributed by atoms with E-state index < -0.39 is 0 Å². The van der Waals surface area contributed by atoms with Gasteiger partial charge < -0.3 is 11.5 Å². The molecule has 0 aromatic heterocycles. The van der Waals surface area contributed by atoms with Crippen LogP contribution in [0.5, 0.6) is 0 Å². The lowest BCUT2D eigenvalue weighted by atomic mass is 10.0. The molecule has 0 aliphatic heterocycles. The van der Waals surface area contributed by atoms with E-state index in [1.54, 1.807) is 18.2 Å². The van der Waals surface area contributed by atoms with Gasteiger partial charge in [-0.15, -0.1) is 0 Å². The van der Waals surface area contributed by atoms with Gasteiger partial charge in [0.15, 0.2) is 5.78 Å². The number of hydrogen-bond acceptors (Lipinski definition) is 3. The summed E-state index contributed by atoms with van der Waals surface area (Å²) in [6, 6.07) is 7.01. The van der Waals surface area contributed by atoms with Crippen LogP contribution in [0.4, 0.5) is 5.69 Å². The molecule has 1 rings (SSSR count). The van der Waals surface area contributed by atoms with Gasteiger partial charge >= 0.3 is 0 Å². The number of nitrogen functional groups attached to an aromatic ring is 1. The molecule has 0 fully saturated rings. The monoisotopic (exact) mass is 222 g/mol. The first-order chi connectivity index (χ1) is 7.65. The van der Waals surface area contributed by atoms with Crippen LogP contribution < -0.4 is 11.5 Å². The summed E-state index contributed by atoms with van der Waals surface area (Å²) in [6.45, 7) is 5.96. The molecule has 1 atom stereocenters. The van der Waals surface area contributed by atoms with Crippen LogP contribution in [0.25, 0.3) is 0 Å². The Balaban J connectivity index is 0.00000106. The van der Waals surface area contributed by atoms with Crippen molar-refractivity contribution in [3.63, 3.8) is 0 Å². The highest BCUT2D eigenvalue weighted by molar-refractivity contribution is 6.00. The second-order valence-corrected chi connectivity index (χ2v) is 3.38. The van der Waals surface area contributed by atoms with Crippen LogP contribution in [-0.4, -0.2) is 11.8 Å². The van der Waals surface area contributed by atoms with Gasteiger partial charge in [0.05, 0.1) is 0 Å². The summed E-state index contributed by atoms with van der Waals surface area (Å²) in [4.78, 5) is 11.7. The van der Waals surface area contributed by atoms with Crippen molar-refractivity contribution in [2.45, 2.75) is 39.7 Å². The Bertz CT molecular complexity index is 323. The van der Waals surface area contributed by atoms with Crippen LogP contribution in [0.2, 0.25) is 0 Å². The number of rotatable bonds is 4. The maximum Gasteiger partial charge on any atom is 0.166 e. The molecule has 0 saturated carbocycles. The first-order valence-electron chi connectivity index (χ1n) is 5.78. The summed E-state index contributed by atoms with van der Waals surface area (Å²) in [7, 11) is 0. The van der Waals surface area contributed by atoms with Gasteiger partial charge in [-0.05, 0) is 18.6 Å². The summed E-state index contributed by atoms with van der Waals surface area (Å²) in [5.41, 5.74) is 12.5. The number of benzene rings is 1. The molecule has 0 heterocycles. The van der Waals surface area contributed by atoms with E-state index in [1.165, 1.54) is 0 Å². The van der Waals surface area contributed by atoms with Crippen molar-refractivity contribution in [1.29, 1.82) is 0 Å². The number of para-hydroxylation sites is 1. The smallest absolute Gasteiger partial charge is 0.166 e. The highest BCUT2D eigenvalue weighted by Gasteiger charge is 2.11. The van der Waals surface area contributed by atoms with E-state index in [2.05, 4.69) is 0 Å². The topological polar surface area (TPSA) is 69.1 Å². The molecule has 0 aliphatic rings. The number of anilines is 1. The van der Waals surface area contributed by atoms with Crippen LogP contribution in [0, 0.1) is 0 Å². The second kappa shape index (κ2) is 7.88. The van der Waals surface area contributed by atoms with Crippen molar-refractivity contribution in [2.24, 2.45) is 5.73 Å². The number of nitrogens with two attached hydrogens (primary N) is 2. The molecule has 0 bridgehead atoms. The van der Waals surface area contributed by atoms with E-state index in [4.69, 9.17) is 11.5 Å². The third-order valence-electron chi connectivity index (χ3n) is 2.23. The van der Waals surface area contributed by atoms with Gasteiger partial charge in [-0.1, -0.05) is 32.9 Å². The Labute approximate surface area is 97.8 Å². The molecule has 4 N–H and O–H groups in total.